The second-order valence-corrected chi connectivity index (χ2v) is 5.43. The predicted octanol–water partition coefficient (Wildman–Crippen LogP) is 1.14. The second-order valence-electron chi connectivity index (χ2n) is 2.25. The van der Waals surface area contributed by atoms with E-state index < -0.39 is 9.05 Å². The topological polar surface area (TPSA) is 52.0 Å². The van der Waals surface area contributed by atoms with Gasteiger partial charge in [0.05, 0.1) is 16.9 Å². The van der Waals surface area contributed by atoms with Crippen molar-refractivity contribution >= 4 is 31.3 Å². The Labute approximate surface area is 79.5 Å². The number of hydrogen-bond acceptors (Lipinski definition) is 3. The number of hydrogen-bond donors (Lipinski definition) is 0. The standard InChI is InChI=1S/C5H6Cl2N2O2S/c1-9-5(3-12(7,10)11)4(6)2-8-9/h2H,3H2,1H3. The Hall–Kier alpha value is -0.260. The highest BCUT2D eigenvalue weighted by molar-refractivity contribution is 8.13. The summed E-state index contributed by atoms with van der Waals surface area (Å²) < 4.78 is 22.7. The minimum absolute atomic E-state index is 0.302. The largest absolute Gasteiger partial charge is 0.270 e. The SMILES string of the molecule is Cn1ncc(Cl)c1CS(=O)(=O)Cl. The van der Waals surface area contributed by atoms with Gasteiger partial charge in [-0.15, -0.1) is 0 Å². The normalized spacial score (nSPS) is 11.9. The molecule has 0 saturated carbocycles. The van der Waals surface area contributed by atoms with Crippen LogP contribution in [-0.2, 0) is 21.9 Å². The van der Waals surface area contributed by atoms with Crippen molar-refractivity contribution in [2.45, 2.75) is 5.75 Å². The predicted molar refractivity (Wildman–Crippen MR) is 46.7 cm³/mol. The van der Waals surface area contributed by atoms with Gasteiger partial charge < -0.3 is 0 Å². The van der Waals surface area contributed by atoms with Gasteiger partial charge in [0.2, 0.25) is 9.05 Å². The highest BCUT2D eigenvalue weighted by Gasteiger charge is 2.14. The highest BCUT2D eigenvalue weighted by Crippen LogP contribution is 2.18. The Morgan fingerprint density at radius 3 is 2.58 bits per heavy atom. The molecule has 1 heterocycles. The molecular weight excluding hydrogens is 223 g/mol. The van der Waals surface area contributed by atoms with E-state index in [0.717, 1.165) is 0 Å². The van der Waals surface area contributed by atoms with Gasteiger partial charge in [-0.1, -0.05) is 11.6 Å². The van der Waals surface area contributed by atoms with Gasteiger partial charge in [-0.05, 0) is 0 Å². The van der Waals surface area contributed by atoms with E-state index in [4.69, 9.17) is 22.3 Å². The van der Waals surface area contributed by atoms with Crippen LogP contribution in [0.1, 0.15) is 5.69 Å². The van der Waals surface area contributed by atoms with Crippen molar-refractivity contribution in [3.05, 3.63) is 16.9 Å². The van der Waals surface area contributed by atoms with Crippen molar-refractivity contribution in [2.75, 3.05) is 0 Å². The summed E-state index contributed by atoms with van der Waals surface area (Å²) in [5.74, 6) is -0.302. The minimum Gasteiger partial charge on any atom is -0.270 e. The minimum atomic E-state index is -3.57. The van der Waals surface area contributed by atoms with Gasteiger partial charge in [0.25, 0.3) is 0 Å². The average molecular weight is 229 g/mol. The molecule has 0 aromatic carbocycles. The molecule has 0 aliphatic rings. The molecule has 0 amide bonds. The van der Waals surface area contributed by atoms with Crippen molar-refractivity contribution in [2.24, 2.45) is 7.05 Å². The van der Waals surface area contributed by atoms with Crippen molar-refractivity contribution in [3.8, 4) is 0 Å². The smallest absolute Gasteiger partial charge is 0.238 e. The van der Waals surface area contributed by atoms with Crippen LogP contribution in [0.3, 0.4) is 0 Å². The van der Waals surface area contributed by atoms with Crippen LogP contribution in [0.4, 0.5) is 0 Å². The molecular formula is C5H6Cl2N2O2S. The van der Waals surface area contributed by atoms with Gasteiger partial charge >= 0.3 is 0 Å². The number of aromatic nitrogens is 2. The molecule has 0 aliphatic carbocycles. The Morgan fingerprint density at radius 1 is 1.67 bits per heavy atom. The van der Waals surface area contributed by atoms with Crippen LogP contribution in [0, 0.1) is 0 Å². The summed E-state index contributed by atoms with van der Waals surface area (Å²) in [6.07, 6.45) is 1.37. The Bertz CT molecular complexity index is 365. The molecule has 0 fully saturated rings. The van der Waals surface area contributed by atoms with Crippen LogP contribution in [0.25, 0.3) is 0 Å². The van der Waals surface area contributed by atoms with E-state index in [1.165, 1.54) is 10.9 Å². The van der Waals surface area contributed by atoms with Crippen LogP contribution >= 0.6 is 22.3 Å². The molecule has 0 saturated heterocycles. The van der Waals surface area contributed by atoms with Crippen LogP contribution in [-0.4, -0.2) is 18.2 Å². The molecule has 0 atom stereocenters. The van der Waals surface area contributed by atoms with Gasteiger partial charge in [0, 0.05) is 17.7 Å². The molecule has 0 N–H and O–H groups in total. The quantitative estimate of drug-likeness (QED) is 0.714. The lowest BCUT2D eigenvalue weighted by molar-refractivity contribution is 0.605. The van der Waals surface area contributed by atoms with Crippen LogP contribution in [0.5, 0.6) is 0 Å². The molecule has 4 nitrogen and oxygen atoms in total. The third kappa shape index (κ3) is 2.36. The first kappa shape index (κ1) is 9.83. The summed E-state index contributed by atoms with van der Waals surface area (Å²) in [5, 5.41) is 4.07. The van der Waals surface area contributed by atoms with Gasteiger partial charge in [0.1, 0.15) is 5.75 Å². The number of nitrogens with zero attached hydrogens (tertiary/aromatic N) is 2. The number of rotatable bonds is 2. The molecule has 68 valence electrons. The first-order valence-electron chi connectivity index (χ1n) is 2.99. The second kappa shape index (κ2) is 3.24. The number of aryl methyl sites for hydroxylation is 1. The van der Waals surface area contributed by atoms with E-state index >= 15 is 0 Å². The molecule has 0 radical (unpaired) electrons. The highest BCUT2D eigenvalue weighted by atomic mass is 35.7. The third-order valence-corrected chi connectivity index (χ3v) is 2.58. The van der Waals surface area contributed by atoms with Gasteiger partial charge in [-0.3, -0.25) is 4.68 Å². The Morgan fingerprint density at radius 2 is 2.25 bits per heavy atom. The maximum atomic E-state index is 10.7. The molecule has 1 rings (SSSR count). The van der Waals surface area contributed by atoms with E-state index in [1.807, 2.05) is 0 Å². The fourth-order valence-electron chi connectivity index (χ4n) is 0.762. The third-order valence-electron chi connectivity index (χ3n) is 1.32. The molecule has 0 spiro atoms. The van der Waals surface area contributed by atoms with E-state index in [0.29, 0.717) is 10.7 Å². The maximum absolute atomic E-state index is 10.7. The zero-order valence-electron chi connectivity index (χ0n) is 6.16. The van der Waals surface area contributed by atoms with Crippen molar-refractivity contribution in [3.63, 3.8) is 0 Å². The van der Waals surface area contributed by atoms with E-state index in [2.05, 4.69) is 5.10 Å². The summed E-state index contributed by atoms with van der Waals surface area (Å²) in [6.45, 7) is 0. The lowest BCUT2D eigenvalue weighted by Crippen LogP contribution is -2.03. The molecule has 1 aromatic heterocycles. The van der Waals surface area contributed by atoms with E-state index in [1.54, 1.807) is 7.05 Å². The Balaban J connectivity index is 3.04. The molecule has 0 unspecified atom stereocenters. The summed E-state index contributed by atoms with van der Waals surface area (Å²) in [5.41, 5.74) is 0.395. The van der Waals surface area contributed by atoms with Gasteiger partial charge in [-0.2, -0.15) is 5.10 Å². The molecule has 7 heteroatoms. The van der Waals surface area contributed by atoms with Crippen molar-refractivity contribution in [1.82, 2.24) is 9.78 Å². The van der Waals surface area contributed by atoms with Gasteiger partial charge in [-0.25, -0.2) is 8.42 Å². The average Bonchev–Trinajstić information content (AvgIpc) is 2.16. The molecule has 1 aromatic rings. The van der Waals surface area contributed by atoms with E-state index in [9.17, 15) is 8.42 Å². The van der Waals surface area contributed by atoms with Crippen LogP contribution < -0.4 is 0 Å². The Kier molecular flexibility index (Phi) is 2.65. The zero-order chi connectivity index (χ0) is 9.35. The fourth-order valence-corrected chi connectivity index (χ4v) is 2.05. The summed E-state index contributed by atoms with van der Waals surface area (Å²) in [6, 6.07) is 0. The van der Waals surface area contributed by atoms with Crippen LogP contribution in [0.15, 0.2) is 6.20 Å². The number of halogens is 2. The lowest BCUT2D eigenvalue weighted by Gasteiger charge is -1.98. The first-order chi connectivity index (χ1) is 5.40. The molecule has 0 bridgehead atoms. The van der Waals surface area contributed by atoms with Crippen molar-refractivity contribution < 1.29 is 8.42 Å². The summed E-state index contributed by atoms with van der Waals surface area (Å²) in [7, 11) is 3.08. The monoisotopic (exact) mass is 228 g/mol. The lowest BCUT2D eigenvalue weighted by atomic mass is 10.5. The summed E-state index contributed by atoms with van der Waals surface area (Å²) >= 11 is 5.64. The van der Waals surface area contributed by atoms with E-state index in [-0.39, 0.29) is 5.75 Å². The van der Waals surface area contributed by atoms with Gasteiger partial charge in [0.15, 0.2) is 0 Å². The molecule has 0 aliphatic heterocycles. The zero-order valence-corrected chi connectivity index (χ0v) is 8.49. The first-order valence-corrected chi connectivity index (χ1v) is 5.84. The van der Waals surface area contributed by atoms with Crippen molar-refractivity contribution in [1.29, 1.82) is 0 Å². The summed E-state index contributed by atoms with van der Waals surface area (Å²) in [4.78, 5) is 0. The molecule has 12 heavy (non-hydrogen) atoms. The maximum Gasteiger partial charge on any atom is 0.238 e. The van der Waals surface area contributed by atoms with Crippen LogP contribution in [0.2, 0.25) is 5.02 Å². The fraction of sp³-hybridized carbons (Fsp3) is 0.400.